The van der Waals surface area contributed by atoms with E-state index in [-0.39, 0.29) is 19.1 Å². The molecule has 10 heteroatoms. The molecule has 2 heterocycles. The maximum Gasteiger partial charge on any atom is 0.338 e. The third-order valence-electron chi connectivity index (χ3n) is 5.73. The van der Waals surface area contributed by atoms with Crippen LogP contribution >= 0.6 is 11.6 Å². The molecule has 1 aromatic heterocycles. The first-order valence-electron chi connectivity index (χ1n) is 11.1. The number of hydrogen-bond acceptors (Lipinski definition) is 7. The van der Waals surface area contributed by atoms with E-state index in [1.54, 1.807) is 41.6 Å². The number of nitrogens with one attached hydrogen (secondary N) is 1. The molecule has 1 aliphatic rings. The molecule has 1 atom stereocenters. The van der Waals surface area contributed by atoms with E-state index in [1.807, 2.05) is 31.2 Å². The predicted molar refractivity (Wildman–Crippen MR) is 133 cm³/mol. The Morgan fingerprint density at radius 3 is 2.57 bits per heavy atom. The molecule has 1 aliphatic heterocycles. The van der Waals surface area contributed by atoms with Gasteiger partial charge in [0.05, 0.1) is 25.0 Å². The third-order valence-corrected chi connectivity index (χ3v) is 5.97. The molecule has 1 unspecified atom stereocenters. The smallest absolute Gasteiger partial charge is 0.338 e. The average Bonchev–Trinajstić information content (AvgIpc) is 3.31. The van der Waals surface area contributed by atoms with Crippen molar-refractivity contribution in [3.05, 3.63) is 76.2 Å². The van der Waals surface area contributed by atoms with E-state index in [1.165, 1.54) is 13.4 Å². The highest BCUT2D eigenvalue weighted by Crippen LogP contribution is 2.38. The quantitative estimate of drug-likeness (QED) is 0.492. The van der Waals surface area contributed by atoms with Crippen LogP contribution in [-0.2, 0) is 14.3 Å². The van der Waals surface area contributed by atoms with Crippen molar-refractivity contribution < 1.29 is 19.1 Å². The number of ether oxygens (including phenoxy) is 2. The Bertz CT molecular complexity index is 1290. The minimum Gasteiger partial charge on any atom is -0.495 e. The summed E-state index contributed by atoms with van der Waals surface area (Å²) in [5, 5.41) is 7.68. The van der Waals surface area contributed by atoms with Gasteiger partial charge in [-0.3, -0.25) is 4.79 Å². The van der Waals surface area contributed by atoms with Crippen LogP contribution in [0.15, 0.2) is 60.1 Å². The lowest BCUT2D eigenvalue weighted by atomic mass is 9.94. The van der Waals surface area contributed by atoms with E-state index in [0.717, 1.165) is 11.1 Å². The van der Waals surface area contributed by atoms with Gasteiger partial charge in [0.1, 0.15) is 24.7 Å². The molecule has 0 fully saturated rings. The van der Waals surface area contributed by atoms with Crippen LogP contribution in [0.2, 0.25) is 5.02 Å². The summed E-state index contributed by atoms with van der Waals surface area (Å²) < 4.78 is 12.3. The molecule has 9 nitrogen and oxygen atoms in total. The number of nitrogens with zero attached hydrogens (tertiary/aromatic N) is 4. The van der Waals surface area contributed by atoms with Gasteiger partial charge in [0.2, 0.25) is 11.9 Å². The maximum atomic E-state index is 13.1. The number of rotatable bonds is 7. The molecule has 0 saturated heterocycles. The molecule has 0 bridgehead atoms. The molecule has 182 valence electrons. The molecular weight excluding hydrogens is 470 g/mol. The number of halogens is 1. The van der Waals surface area contributed by atoms with Gasteiger partial charge >= 0.3 is 5.97 Å². The van der Waals surface area contributed by atoms with E-state index in [9.17, 15) is 9.59 Å². The molecular formula is C25H26ClN5O4. The molecule has 35 heavy (non-hydrogen) atoms. The Morgan fingerprint density at radius 2 is 1.89 bits per heavy atom. The van der Waals surface area contributed by atoms with Gasteiger partial charge in [-0.15, -0.1) is 0 Å². The maximum absolute atomic E-state index is 13.1. The normalized spacial score (nSPS) is 15.0. The first kappa shape index (κ1) is 24.3. The molecule has 0 radical (unpaired) electrons. The van der Waals surface area contributed by atoms with Crippen LogP contribution in [0.4, 0.5) is 11.6 Å². The summed E-state index contributed by atoms with van der Waals surface area (Å²) in [7, 11) is 1.51. The zero-order valence-corrected chi connectivity index (χ0v) is 20.7. The van der Waals surface area contributed by atoms with E-state index in [2.05, 4.69) is 15.4 Å². The first-order valence-corrected chi connectivity index (χ1v) is 11.5. The standard InChI is InChI=1S/C25H26ClN5O4/c1-5-35-24(33)22-16(3)30(13-21(32)29-19-12-18(26)10-11-20(19)34-4)25-27-14-28-31(25)23(22)17-8-6-15(2)7-9-17/h6-12,14,23H,5,13H2,1-4H3,(H,29,32). The number of aromatic nitrogens is 3. The Labute approximate surface area is 208 Å². The topological polar surface area (TPSA) is 98.6 Å². The molecule has 0 saturated carbocycles. The van der Waals surface area contributed by atoms with Crippen molar-refractivity contribution >= 4 is 35.1 Å². The summed E-state index contributed by atoms with van der Waals surface area (Å²) in [5.74, 6) is 0.0907. The van der Waals surface area contributed by atoms with Gasteiger partial charge in [0.25, 0.3) is 0 Å². The van der Waals surface area contributed by atoms with Gasteiger partial charge < -0.3 is 19.7 Å². The van der Waals surface area contributed by atoms with Crippen molar-refractivity contribution in [2.24, 2.45) is 0 Å². The second kappa shape index (κ2) is 10.2. The Hall–Kier alpha value is -3.85. The van der Waals surface area contributed by atoms with E-state index >= 15 is 0 Å². The van der Waals surface area contributed by atoms with Gasteiger partial charge in [-0.2, -0.15) is 10.1 Å². The number of methoxy groups -OCH3 is 1. The van der Waals surface area contributed by atoms with Crippen LogP contribution < -0.4 is 15.0 Å². The van der Waals surface area contributed by atoms with E-state index in [4.69, 9.17) is 21.1 Å². The van der Waals surface area contributed by atoms with Crippen molar-refractivity contribution in [2.75, 3.05) is 30.5 Å². The minimum absolute atomic E-state index is 0.121. The number of hydrogen-bond donors (Lipinski definition) is 1. The second-order valence-electron chi connectivity index (χ2n) is 8.02. The fourth-order valence-electron chi connectivity index (χ4n) is 4.06. The fraction of sp³-hybridized carbons (Fsp3) is 0.280. The Morgan fingerprint density at radius 1 is 1.14 bits per heavy atom. The van der Waals surface area contributed by atoms with Gasteiger partial charge in [-0.1, -0.05) is 41.4 Å². The monoisotopic (exact) mass is 495 g/mol. The SMILES string of the molecule is CCOC(=O)C1=C(C)N(CC(=O)Nc2cc(Cl)ccc2OC)c2ncnn2C1c1ccc(C)cc1. The first-order chi connectivity index (χ1) is 16.8. The van der Waals surface area contributed by atoms with Gasteiger partial charge in [-0.05, 0) is 44.5 Å². The highest BCUT2D eigenvalue weighted by molar-refractivity contribution is 6.31. The number of benzene rings is 2. The van der Waals surface area contributed by atoms with Crippen molar-refractivity contribution in [3.63, 3.8) is 0 Å². The molecule has 1 amide bonds. The lowest BCUT2D eigenvalue weighted by molar-refractivity contribution is -0.139. The number of amides is 1. The zero-order valence-electron chi connectivity index (χ0n) is 19.9. The number of esters is 1. The number of allylic oxidation sites excluding steroid dienone is 1. The van der Waals surface area contributed by atoms with E-state index in [0.29, 0.717) is 33.7 Å². The second-order valence-corrected chi connectivity index (χ2v) is 8.45. The molecule has 4 rings (SSSR count). The van der Waals surface area contributed by atoms with Crippen molar-refractivity contribution in [3.8, 4) is 5.75 Å². The third kappa shape index (κ3) is 4.85. The van der Waals surface area contributed by atoms with Crippen molar-refractivity contribution in [1.82, 2.24) is 14.8 Å². The number of aryl methyl sites for hydroxylation is 1. The van der Waals surface area contributed by atoms with Crippen LogP contribution in [0, 0.1) is 6.92 Å². The van der Waals surface area contributed by atoms with E-state index < -0.39 is 12.0 Å². The van der Waals surface area contributed by atoms with Gasteiger partial charge in [0, 0.05) is 10.7 Å². The summed E-state index contributed by atoms with van der Waals surface area (Å²) in [5.41, 5.74) is 3.34. The Balaban J connectivity index is 1.72. The number of carbonyl (C=O) groups excluding carboxylic acids is 2. The molecule has 0 spiro atoms. The predicted octanol–water partition coefficient (Wildman–Crippen LogP) is 4.13. The largest absolute Gasteiger partial charge is 0.495 e. The highest BCUT2D eigenvalue weighted by atomic mass is 35.5. The van der Waals surface area contributed by atoms with Crippen LogP contribution in [0.5, 0.6) is 5.75 Å². The van der Waals surface area contributed by atoms with Crippen LogP contribution in [0.1, 0.15) is 31.0 Å². The summed E-state index contributed by atoms with van der Waals surface area (Å²) in [6.45, 7) is 5.62. The minimum atomic E-state index is -0.542. The van der Waals surface area contributed by atoms with Crippen LogP contribution in [-0.4, -0.2) is 46.9 Å². The molecule has 3 aromatic rings. The fourth-order valence-corrected chi connectivity index (χ4v) is 4.23. The lowest BCUT2D eigenvalue weighted by Gasteiger charge is -2.35. The highest BCUT2D eigenvalue weighted by Gasteiger charge is 2.38. The molecule has 0 aliphatic carbocycles. The number of anilines is 2. The number of carbonyl (C=O) groups is 2. The summed E-state index contributed by atoms with van der Waals surface area (Å²) in [4.78, 5) is 32.3. The van der Waals surface area contributed by atoms with Gasteiger partial charge in [-0.25, -0.2) is 9.48 Å². The lowest BCUT2D eigenvalue weighted by Crippen LogP contribution is -2.40. The molecule has 1 N–H and O–H groups in total. The Kier molecular flexibility index (Phi) is 7.07. The molecule has 2 aromatic carbocycles. The van der Waals surface area contributed by atoms with Gasteiger partial charge in [0.15, 0.2) is 0 Å². The summed E-state index contributed by atoms with van der Waals surface area (Å²) in [6, 6.07) is 12.3. The van der Waals surface area contributed by atoms with Crippen LogP contribution in [0.3, 0.4) is 0 Å². The van der Waals surface area contributed by atoms with Crippen molar-refractivity contribution in [1.29, 1.82) is 0 Å². The summed E-state index contributed by atoms with van der Waals surface area (Å²) >= 11 is 6.09. The van der Waals surface area contributed by atoms with Crippen LogP contribution in [0.25, 0.3) is 0 Å². The zero-order chi connectivity index (χ0) is 25.1. The average molecular weight is 496 g/mol. The summed E-state index contributed by atoms with van der Waals surface area (Å²) in [6.07, 6.45) is 1.41. The van der Waals surface area contributed by atoms with Crippen molar-refractivity contribution in [2.45, 2.75) is 26.8 Å². The number of fused-ring (bicyclic) bond motifs is 1.